The van der Waals surface area contributed by atoms with Crippen LogP contribution in [-0.2, 0) is 6.42 Å². The minimum atomic E-state index is -0.761. The summed E-state index contributed by atoms with van der Waals surface area (Å²) in [4.78, 5) is 0.230. The van der Waals surface area contributed by atoms with Crippen molar-refractivity contribution in [3.8, 4) is 0 Å². The van der Waals surface area contributed by atoms with Gasteiger partial charge in [0, 0.05) is 4.83 Å². The van der Waals surface area contributed by atoms with Gasteiger partial charge in [-0.15, -0.1) is 0 Å². The summed E-state index contributed by atoms with van der Waals surface area (Å²) in [6.07, 6.45) is 3.76. The molecule has 0 heterocycles. The predicted octanol–water partition coefficient (Wildman–Crippen LogP) is 4.46. The van der Waals surface area contributed by atoms with Crippen LogP contribution in [0.15, 0.2) is 18.2 Å². The Balaban J connectivity index is 2.60. The van der Waals surface area contributed by atoms with E-state index in [1.54, 1.807) is 12.1 Å². The Morgan fingerprint density at radius 2 is 2.07 bits per heavy atom. The first-order valence-electron chi connectivity index (χ1n) is 5.22. The van der Waals surface area contributed by atoms with Crippen LogP contribution >= 0.6 is 15.9 Å². The molecule has 0 aliphatic rings. The Kier molecular flexibility index (Phi) is 5.23. The summed E-state index contributed by atoms with van der Waals surface area (Å²) < 4.78 is 26.2. The van der Waals surface area contributed by atoms with Crippen LogP contribution in [0.4, 0.5) is 8.78 Å². The molecule has 0 aliphatic heterocycles. The first kappa shape index (κ1) is 12.6. The van der Waals surface area contributed by atoms with Gasteiger partial charge in [0.25, 0.3) is 0 Å². The summed E-state index contributed by atoms with van der Waals surface area (Å²) in [6, 6.07) is 4.33. The van der Waals surface area contributed by atoms with Crippen LogP contribution in [0.25, 0.3) is 0 Å². The second-order valence-corrected chi connectivity index (χ2v) is 4.95. The van der Waals surface area contributed by atoms with Gasteiger partial charge < -0.3 is 0 Å². The lowest BCUT2D eigenvalue weighted by Crippen LogP contribution is -2.05. The maximum absolute atomic E-state index is 13.3. The third kappa shape index (κ3) is 3.90. The maximum Gasteiger partial charge on any atom is 0.162 e. The smallest absolute Gasteiger partial charge is 0.162 e. The quantitative estimate of drug-likeness (QED) is 0.697. The minimum Gasteiger partial charge on any atom is -0.204 e. The molecule has 1 aromatic rings. The highest BCUT2D eigenvalue weighted by Gasteiger charge is 2.11. The number of unbranched alkanes of at least 4 members (excludes halogenated alkanes) is 1. The van der Waals surface area contributed by atoms with Crippen molar-refractivity contribution in [3.63, 3.8) is 0 Å². The summed E-state index contributed by atoms with van der Waals surface area (Å²) in [5.41, 5.74) is 0.452. The zero-order valence-electron chi connectivity index (χ0n) is 8.77. The van der Waals surface area contributed by atoms with E-state index in [0.29, 0.717) is 12.0 Å². The van der Waals surface area contributed by atoms with Crippen molar-refractivity contribution in [2.24, 2.45) is 0 Å². The standard InChI is InChI=1S/C12H15BrF2/c1-2-3-6-10(13)8-9-5-4-7-11(14)12(9)15/h4-5,7,10H,2-3,6,8H2,1H3. The molecule has 1 rings (SSSR count). The monoisotopic (exact) mass is 276 g/mol. The number of hydrogen-bond donors (Lipinski definition) is 0. The van der Waals surface area contributed by atoms with Crippen LogP contribution in [0.3, 0.4) is 0 Å². The average Bonchev–Trinajstić information content (AvgIpc) is 2.22. The van der Waals surface area contributed by atoms with Crippen molar-refractivity contribution < 1.29 is 8.78 Å². The van der Waals surface area contributed by atoms with E-state index < -0.39 is 11.6 Å². The highest BCUT2D eigenvalue weighted by molar-refractivity contribution is 9.09. The van der Waals surface area contributed by atoms with E-state index in [-0.39, 0.29) is 4.83 Å². The van der Waals surface area contributed by atoms with E-state index in [2.05, 4.69) is 22.9 Å². The average molecular weight is 277 g/mol. The maximum atomic E-state index is 13.3. The molecule has 0 nitrogen and oxygen atoms in total. The molecule has 0 saturated heterocycles. The van der Waals surface area contributed by atoms with Crippen molar-refractivity contribution in [1.29, 1.82) is 0 Å². The Morgan fingerprint density at radius 1 is 1.33 bits per heavy atom. The van der Waals surface area contributed by atoms with Crippen molar-refractivity contribution >= 4 is 15.9 Å². The van der Waals surface area contributed by atoms with Gasteiger partial charge in [0.2, 0.25) is 0 Å². The molecular formula is C12H15BrF2. The molecule has 0 aliphatic carbocycles. The number of benzene rings is 1. The van der Waals surface area contributed by atoms with Gasteiger partial charge >= 0.3 is 0 Å². The molecule has 0 amide bonds. The van der Waals surface area contributed by atoms with E-state index in [1.807, 2.05) is 0 Å². The minimum absolute atomic E-state index is 0.230. The van der Waals surface area contributed by atoms with E-state index in [1.165, 1.54) is 0 Å². The molecule has 1 atom stereocenters. The summed E-state index contributed by atoms with van der Waals surface area (Å²) in [5.74, 6) is -1.47. The summed E-state index contributed by atoms with van der Waals surface area (Å²) >= 11 is 3.49. The number of alkyl halides is 1. The van der Waals surface area contributed by atoms with Gasteiger partial charge in [0.05, 0.1) is 0 Å². The zero-order chi connectivity index (χ0) is 11.3. The fourth-order valence-electron chi connectivity index (χ4n) is 1.47. The fraction of sp³-hybridized carbons (Fsp3) is 0.500. The fourth-order valence-corrected chi connectivity index (χ4v) is 2.14. The van der Waals surface area contributed by atoms with Crippen molar-refractivity contribution in [2.75, 3.05) is 0 Å². The number of hydrogen-bond acceptors (Lipinski definition) is 0. The number of halogens is 3. The molecule has 0 fully saturated rings. The summed E-state index contributed by atoms with van der Waals surface area (Å²) in [7, 11) is 0. The van der Waals surface area contributed by atoms with Gasteiger partial charge in [0.1, 0.15) is 0 Å². The van der Waals surface area contributed by atoms with Gasteiger partial charge in [0.15, 0.2) is 11.6 Å². The normalized spacial score (nSPS) is 12.8. The molecule has 0 aromatic heterocycles. The van der Waals surface area contributed by atoms with Crippen molar-refractivity contribution in [2.45, 2.75) is 37.4 Å². The molecule has 15 heavy (non-hydrogen) atoms. The number of rotatable bonds is 5. The van der Waals surface area contributed by atoms with E-state index in [9.17, 15) is 8.78 Å². The topological polar surface area (TPSA) is 0 Å². The SMILES string of the molecule is CCCCC(Br)Cc1cccc(F)c1F. The van der Waals surface area contributed by atoms with E-state index >= 15 is 0 Å². The van der Waals surface area contributed by atoms with Gasteiger partial charge in [-0.2, -0.15) is 0 Å². The lowest BCUT2D eigenvalue weighted by atomic mass is 10.1. The van der Waals surface area contributed by atoms with Gasteiger partial charge in [-0.05, 0) is 24.5 Å². The molecule has 1 aromatic carbocycles. The lowest BCUT2D eigenvalue weighted by Gasteiger charge is -2.09. The highest BCUT2D eigenvalue weighted by Crippen LogP contribution is 2.19. The van der Waals surface area contributed by atoms with Crippen molar-refractivity contribution in [1.82, 2.24) is 0 Å². The van der Waals surface area contributed by atoms with Crippen LogP contribution in [-0.4, -0.2) is 4.83 Å². The van der Waals surface area contributed by atoms with Gasteiger partial charge in [-0.1, -0.05) is 47.8 Å². The lowest BCUT2D eigenvalue weighted by molar-refractivity contribution is 0.496. The second kappa shape index (κ2) is 6.21. The molecule has 0 radical (unpaired) electrons. The third-order valence-corrected chi connectivity index (χ3v) is 3.13. The third-order valence-electron chi connectivity index (χ3n) is 2.34. The predicted molar refractivity (Wildman–Crippen MR) is 62.3 cm³/mol. The zero-order valence-corrected chi connectivity index (χ0v) is 10.4. The summed E-state index contributed by atoms with van der Waals surface area (Å²) in [5, 5.41) is 0. The van der Waals surface area contributed by atoms with Crippen molar-refractivity contribution in [3.05, 3.63) is 35.4 Å². The Morgan fingerprint density at radius 3 is 2.73 bits per heavy atom. The first-order chi connectivity index (χ1) is 7.15. The largest absolute Gasteiger partial charge is 0.204 e. The van der Waals surface area contributed by atoms with Crippen LogP contribution in [0, 0.1) is 11.6 Å². The molecule has 3 heteroatoms. The van der Waals surface area contributed by atoms with Gasteiger partial charge in [-0.3, -0.25) is 0 Å². The Labute approximate surface area is 97.8 Å². The van der Waals surface area contributed by atoms with E-state index in [0.717, 1.165) is 25.3 Å². The van der Waals surface area contributed by atoms with Crippen LogP contribution in [0.1, 0.15) is 31.7 Å². The molecule has 84 valence electrons. The molecule has 0 N–H and O–H groups in total. The van der Waals surface area contributed by atoms with Gasteiger partial charge in [-0.25, -0.2) is 8.78 Å². The van der Waals surface area contributed by atoms with Crippen LogP contribution < -0.4 is 0 Å². The Hall–Kier alpha value is -0.440. The molecule has 0 saturated carbocycles. The molecule has 0 spiro atoms. The Bertz CT molecular complexity index is 312. The van der Waals surface area contributed by atoms with E-state index in [4.69, 9.17) is 0 Å². The van der Waals surface area contributed by atoms with Crippen LogP contribution in [0.2, 0.25) is 0 Å². The molecule has 0 bridgehead atoms. The molecule has 1 unspecified atom stereocenters. The second-order valence-electron chi connectivity index (χ2n) is 3.66. The van der Waals surface area contributed by atoms with Crippen LogP contribution in [0.5, 0.6) is 0 Å². The summed E-state index contributed by atoms with van der Waals surface area (Å²) in [6.45, 7) is 2.11. The first-order valence-corrected chi connectivity index (χ1v) is 6.13. The molecular weight excluding hydrogens is 262 g/mol. The highest BCUT2D eigenvalue weighted by atomic mass is 79.9.